The van der Waals surface area contributed by atoms with E-state index in [1.54, 1.807) is 0 Å². The van der Waals surface area contributed by atoms with Crippen LogP contribution in [-0.2, 0) is 5.41 Å². The summed E-state index contributed by atoms with van der Waals surface area (Å²) < 4.78 is 13.5. The summed E-state index contributed by atoms with van der Waals surface area (Å²) in [7, 11) is 0. The van der Waals surface area contributed by atoms with Gasteiger partial charge in [-0.3, -0.25) is 0 Å². The van der Waals surface area contributed by atoms with E-state index in [9.17, 15) is 0 Å². The zero-order valence-corrected chi connectivity index (χ0v) is 25.4. The maximum Gasteiger partial charge on any atom is 0.249 e. The van der Waals surface area contributed by atoms with Gasteiger partial charge in [0.25, 0.3) is 0 Å². The Hall–Kier alpha value is -6.00. The lowest BCUT2D eigenvalue weighted by Gasteiger charge is -2.40. The van der Waals surface area contributed by atoms with Gasteiger partial charge >= 0.3 is 0 Å². The van der Waals surface area contributed by atoms with Crippen LogP contribution in [0.5, 0.6) is 11.5 Å². The number of ether oxygens (including phenoxy) is 1. The second-order valence-corrected chi connectivity index (χ2v) is 12.4. The van der Waals surface area contributed by atoms with E-state index < -0.39 is 5.41 Å². The number of hydrogen-bond donors (Lipinski definition) is 0. The molecular weight excluding hydrogens is 576 g/mol. The molecule has 0 saturated carbocycles. The first kappa shape index (κ1) is 26.2. The van der Waals surface area contributed by atoms with Crippen molar-refractivity contribution in [1.82, 2.24) is 10.2 Å². The van der Waals surface area contributed by atoms with Crippen molar-refractivity contribution in [3.8, 4) is 45.2 Å². The largest absolute Gasteiger partial charge is 0.456 e. The summed E-state index contributed by atoms with van der Waals surface area (Å²) in [5.74, 6) is 2.90. The van der Waals surface area contributed by atoms with Crippen LogP contribution in [0.4, 0.5) is 0 Å². The monoisotopic (exact) mass is 604 g/mol. The standard InChI is InChI=1S/C43H28N2O2/c1-2-14-28(15-3-1)41-44-45-42(47-41)39-29-16-5-4-13-27(29)25-26-32(39)33-19-12-23-37-40(33)46-38-24-11-10-22-36(38)43(37)34-20-8-6-17-30(34)31-18-7-9-21-35(31)43/h1-14,16-26,28H,15H2. The van der Waals surface area contributed by atoms with Crippen molar-refractivity contribution in [2.75, 3.05) is 0 Å². The molecule has 1 aliphatic heterocycles. The molecule has 1 spiro atoms. The van der Waals surface area contributed by atoms with Crippen molar-refractivity contribution in [3.05, 3.63) is 180 Å². The number of nitrogens with zero attached hydrogens (tertiary/aromatic N) is 2. The van der Waals surface area contributed by atoms with Crippen molar-refractivity contribution in [2.24, 2.45) is 0 Å². The molecule has 6 aromatic carbocycles. The molecule has 10 rings (SSSR count). The van der Waals surface area contributed by atoms with Crippen LogP contribution >= 0.6 is 0 Å². The highest BCUT2D eigenvalue weighted by Crippen LogP contribution is 2.63. The number of hydrogen-bond acceptors (Lipinski definition) is 4. The molecule has 4 heteroatoms. The molecule has 47 heavy (non-hydrogen) atoms. The minimum atomic E-state index is -0.539. The third kappa shape index (κ3) is 3.64. The van der Waals surface area contributed by atoms with E-state index in [-0.39, 0.29) is 5.92 Å². The molecule has 1 unspecified atom stereocenters. The van der Waals surface area contributed by atoms with Gasteiger partial charge < -0.3 is 9.15 Å². The van der Waals surface area contributed by atoms with E-state index in [0.29, 0.717) is 11.8 Å². The number of benzene rings is 6. The first-order chi connectivity index (χ1) is 23.3. The minimum Gasteiger partial charge on any atom is -0.456 e. The fraction of sp³-hybridized carbons (Fsp3) is 0.0698. The summed E-state index contributed by atoms with van der Waals surface area (Å²) in [6.07, 6.45) is 9.20. The van der Waals surface area contributed by atoms with Crippen LogP contribution in [0.2, 0.25) is 0 Å². The van der Waals surface area contributed by atoms with Gasteiger partial charge in [0.2, 0.25) is 11.8 Å². The van der Waals surface area contributed by atoms with Gasteiger partial charge in [0, 0.05) is 16.7 Å². The number of aromatic nitrogens is 2. The molecule has 3 aliphatic rings. The van der Waals surface area contributed by atoms with Crippen LogP contribution in [0.15, 0.2) is 156 Å². The van der Waals surface area contributed by atoms with Gasteiger partial charge in [0.05, 0.1) is 16.9 Å². The molecule has 0 N–H and O–H groups in total. The van der Waals surface area contributed by atoms with Gasteiger partial charge in [-0.05, 0) is 51.1 Å². The summed E-state index contributed by atoms with van der Waals surface area (Å²) >= 11 is 0. The van der Waals surface area contributed by atoms with Gasteiger partial charge in [0.1, 0.15) is 11.5 Å². The summed E-state index contributed by atoms with van der Waals surface area (Å²) in [6, 6.07) is 45.4. The Labute approximate surface area is 272 Å². The van der Waals surface area contributed by atoms with E-state index in [4.69, 9.17) is 9.15 Å². The van der Waals surface area contributed by atoms with Crippen molar-refractivity contribution >= 4 is 10.8 Å². The van der Waals surface area contributed by atoms with Crippen LogP contribution in [-0.4, -0.2) is 10.2 Å². The predicted molar refractivity (Wildman–Crippen MR) is 186 cm³/mol. The number of rotatable bonds is 3. The molecule has 1 aromatic heterocycles. The molecular formula is C43H28N2O2. The Kier molecular flexibility index (Phi) is 5.58. The highest BCUT2D eigenvalue weighted by atomic mass is 16.5. The van der Waals surface area contributed by atoms with Gasteiger partial charge in [-0.25, -0.2) is 0 Å². The SMILES string of the molecule is C1=CCC(c2nnc(-c3c(-c4cccc5c4Oc4ccccc4C54c5ccccc5-c5ccccc54)ccc4ccccc34)o2)C=C1. The van der Waals surface area contributed by atoms with E-state index in [0.717, 1.165) is 56.5 Å². The molecule has 4 nitrogen and oxygen atoms in total. The zero-order valence-electron chi connectivity index (χ0n) is 25.4. The normalized spacial score (nSPS) is 16.4. The van der Waals surface area contributed by atoms with Crippen molar-refractivity contribution in [1.29, 1.82) is 0 Å². The lowest BCUT2D eigenvalue weighted by Crippen LogP contribution is -2.32. The van der Waals surface area contributed by atoms with Crippen LogP contribution in [0.25, 0.3) is 44.5 Å². The van der Waals surface area contributed by atoms with Crippen LogP contribution < -0.4 is 4.74 Å². The Morgan fingerprint density at radius 3 is 2.09 bits per heavy atom. The van der Waals surface area contributed by atoms with E-state index in [2.05, 4.69) is 156 Å². The highest BCUT2D eigenvalue weighted by Gasteiger charge is 2.51. The maximum atomic E-state index is 7.00. The molecule has 2 heterocycles. The van der Waals surface area contributed by atoms with Crippen LogP contribution in [0.3, 0.4) is 0 Å². The third-order valence-electron chi connectivity index (χ3n) is 10.0. The van der Waals surface area contributed by atoms with Gasteiger partial charge in [-0.1, -0.05) is 146 Å². The summed E-state index contributed by atoms with van der Waals surface area (Å²) in [6.45, 7) is 0. The van der Waals surface area contributed by atoms with Crippen LogP contribution in [0.1, 0.15) is 40.5 Å². The van der Waals surface area contributed by atoms with E-state index in [1.807, 2.05) is 6.08 Å². The van der Waals surface area contributed by atoms with Crippen molar-refractivity contribution in [3.63, 3.8) is 0 Å². The highest BCUT2D eigenvalue weighted by molar-refractivity contribution is 6.03. The third-order valence-corrected chi connectivity index (χ3v) is 10.0. The lowest BCUT2D eigenvalue weighted by molar-refractivity contribution is 0.438. The average Bonchev–Trinajstić information content (AvgIpc) is 3.74. The summed E-state index contributed by atoms with van der Waals surface area (Å²) in [4.78, 5) is 0. The maximum absolute atomic E-state index is 7.00. The second kappa shape index (κ2) is 10.0. The van der Waals surface area contributed by atoms with Crippen LogP contribution in [0, 0.1) is 0 Å². The molecule has 0 amide bonds. The minimum absolute atomic E-state index is 0.0614. The Balaban J connectivity index is 1.26. The molecule has 7 aromatic rings. The quantitative estimate of drug-likeness (QED) is 0.201. The summed E-state index contributed by atoms with van der Waals surface area (Å²) in [5.41, 5.74) is 9.67. The van der Waals surface area contributed by atoms with Gasteiger partial charge in [-0.2, -0.15) is 0 Å². The molecule has 2 aliphatic carbocycles. The lowest BCUT2D eigenvalue weighted by atomic mass is 9.65. The molecule has 0 radical (unpaired) electrons. The number of para-hydroxylation sites is 2. The molecule has 0 fully saturated rings. The van der Waals surface area contributed by atoms with Gasteiger partial charge in [-0.15, -0.1) is 10.2 Å². The Morgan fingerprint density at radius 1 is 0.574 bits per heavy atom. The van der Waals surface area contributed by atoms with E-state index >= 15 is 0 Å². The Bertz CT molecular complexity index is 2400. The first-order valence-corrected chi connectivity index (χ1v) is 16.1. The second-order valence-electron chi connectivity index (χ2n) is 12.4. The van der Waals surface area contributed by atoms with E-state index in [1.165, 1.54) is 22.3 Å². The van der Waals surface area contributed by atoms with Gasteiger partial charge in [0.15, 0.2) is 0 Å². The molecule has 0 bridgehead atoms. The smallest absolute Gasteiger partial charge is 0.249 e. The van der Waals surface area contributed by atoms with Crippen molar-refractivity contribution in [2.45, 2.75) is 17.8 Å². The molecule has 0 saturated heterocycles. The number of allylic oxidation sites excluding steroid dienone is 4. The molecule has 1 atom stereocenters. The zero-order chi connectivity index (χ0) is 31.0. The summed E-state index contributed by atoms with van der Waals surface area (Å²) in [5, 5.41) is 11.4. The topological polar surface area (TPSA) is 48.2 Å². The Morgan fingerprint density at radius 2 is 1.28 bits per heavy atom. The fourth-order valence-corrected chi connectivity index (χ4v) is 8.07. The average molecular weight is 605 g/mol. The number of fused-ring (bicyclic) bond motifs is 10. The fourth-order valence-electron chi connectivity index (χ4n) is 8.07. The first-order valence-electron chi connectivity index (χ1n) is 16.1. The molecule has 222 valence electrons. The predicted octanol–water partition coefficient (Wildman–Crippen LogP) is 10.6. The van der Waals surface area contributed by atoms with Crippen molar-refractivity contribution < 1.29 is 9.15 Å².